The van der Waals surface area contributed by atoms with Crippen molar-refractivity contribution in [3.05, 3.63) is 29.8 Å². The molecular formula is C18H27N3O6S. The van der Waals surface area contributed by atoms with Crippen molar-refractivity contribution in [3.8, 4) is 0 Å². The molecule has 1 aromatic rings. The summed E-state index contributed by atoms with van der Waals surface area (Å²) in [5, 5.41) is 2.53. The highest BCUT2D eigenvalue weighted by Crippen LogP contribution is 2.11. The van der Waals surface area contributed by atoms with E-state index in [0.29, 0.717) is 24.1 Å². The molecule has 28 heavy (non-hydrogen) atoms. The van der Waals surface area contributed by atoms with Crippen molar-refractivity contribution in [1.29, 1.82) is 0 Å². The number of amides is 2. The minimum absolute atomic E-state index is 0.0755. The van der Waals surface area contributed by atoms with E-state index in [1.54, 1.807) is 38.4 Å². The molecule has 0 heterocycles. The molecule has 1 rings (SSSR count). The molecule has 10 heteroatoms. The lowest BCUT2D eigenvalue weighted by Crippen LogP contribution is -2.41. The Morgan fingerprint density at radius 1 is 1.14 bits per heavy atom. The Kier molecular flexibility index (Phi) is 9.07. The van der Waals surface area contributed by atoms with E-state index in [-0.39, 0.29) is 11.7 Å². The summed E-state index contributed by atoms with van der Waals surface area (Å²) in [6.45, 7) is 2.65. The highest BCUT2D eigenvalue weighted by atomic mass is 32.2. The zero-order valence-electron chi connectivity index (χ0n) is 16.5. The topological polar surface area (TPSA) is 122 Å². The van der Waals surface area contributed by atoms with Crippen LogP contribution in [0.1, 0.15) is 37.0 Å². The standard InChI is InChI=1S/C18H27N3O6S/c1-5-6-11-28(25,26)20-13(2)18(24)27-12-16(22)19-15-9-7-14(8-10-15)17(23)21(3)4/h7-10,13,20H,5-6,11-12H2,1-4H3,(H,19,22)/t13-/m0/s1. The van der Waals surface area contributed by atoms with E-state index in [4.69, 9.17) is 4.74 Å². The second-order valence-corrected chi connectivity index (χ2v) is 8.32. The number of hydrogen-bond acceptors (Lipinski definition) is 6. The molecule has 0 unspecified atom stereocenters. The van der Waals surface area contributed by atoms with Gasteiger partial charge in [0.25, 0.3) is 11.8 Å². The second-order valence-electron chi connectivity index (χ2n) is 6.44. The number of benzene rings is 1. The van der Waals surface area contributed by atoms with Crippen molar-refractivity contribution < 1.29 is 27.5 Å². The van der Waals surface area contributed by atoms with Crippen LogP contribution in [0.4, 0.5) is 5.69 Å². The van der Waals surface area contributed by atoms with Crippen LogP contribution in [0.5, 0.6) is 0 Å². The summed E-state index contributed by atoms with van der Waals surface area (Å²) in [6.07, 6.45) is 1.20. The normalized spacial score (nSPS) is 12.1. The molecule has 0 aliphatic rings. The molecule has 1 aromatic carbocycles. The number of ether oxygens (including phenoxy) is 1. The third-order valence-corrected chi connectivity index (χ3v) is 5.18. The third-order valence-electron chi connectivity index (χ3n) is 3.64. The highest BCUT2D eigenvalue weighted by Gasteiger charge is 2.21. The van der Waals surface area contributed by atoms with Crippen LogP contribution < -0.4 is 10.0 Å². The van der Waals surface area contributed by atoms with Crippen LogP contribution in [0.3, 0.4) is 0 Å². The van der Waals surface area contributed by atoms with E-state index in [9.17, 15) is 22.8 Å². The first-order chi connectivity index (χ1) is 13.1. The molecule has 0 saturated heterocycles. The lowest BCUT2D eigenvalue weighted by atomic mass is 10.2. The number of unbranched alkanes of at least 4 members (excludes halogenated alkanes) is 1. The Morgan fingerprint density at radius 3 is 2.29 bits per heavy atom. The van der Waals surface area contributed by atoms with Gasteiger partial charge >= 0.3 is 5.97 Å². The van der Waals surface area contributed by atoms with E-state index >= 15 is 0 Å². The minimum atomic E-state index is -3.57. The summed E-state index contributed by atoms with van der Waals surface area (Å²) in [5.74, 6) is -1.67. The SMILES string of the molecule is CCCCS(=O)(=O)N[C@@H](C)C(=O)OCC(=O)Nc1ccc(C(=O)N(C)C)cc1. The van der Waals surface area contributed by atoms with Gasteiger partial charge in [-0.05, 0) is 37.6 Å². The van der Waals surface area contributed by atoms with Gasteiger partial charge < -0.3 is 15.0 Å². The van der Waals surface area contributed by atoms with Gasteiger partial charge in [0, 0.05) is 25.3 Å². The van der Waals surface area contributed by atoms with Crippen molar-refractivity contribution in [1.82, 2.24) is 9.62 Å². The molecule has 2 N–H and O–H groups in total. The summed E-state index contributed by atoms with van der Waals surface area (Å²) >= 11 is 0. The van der Waals surface area contributed by atoms with Crippen LogP contribution in [0.15, 0.2) is 24.3 Å². The third kappa shape index (κ3) is 8.05. The van der Waals surface area contributed by atoms with Crippen molar-refractivity contribution >= 4 is 33.5 Å². The lowest BCUT2D eigenvalue weighted by Gasteiger charge is -2.14. The van der Waals surface area contributed by atoms with Gasteiger partial charge in [-0.1, -0.05) is 13.3 Å². The van der Waals surface area contributed by atoms with Crippen molar-refractivity contribution in [2.24, 2.45) is 0 Å². The first kappa shape index (κ1) is 23.6. The summed E-state index contributed by atoms with van der Waals surface area (Å²) in [4.78, 5) is 37.0. The molecule has 0 aliphatic heterocycles. The number of anilines is 1. The fourth-order valence-corrected chi connectivity index (χ4v) is 3.55. The molecule has 0 spiro atoms. The quantitative estimate of drug-likeness (QED) is 0.552. The Balaban J connectivity index is 2.49. The van der Waals surface area contributed by atoms with Crippen molar-refractivity contribution in [2.75, 3.05) is 31.8 Å². The largest absolute Gasteiger partial charge is 0.454 e. The maximum atomic E-state index is 11.9. The summed E-state index contributed by atoms with van der Waals surface area (Å²) in [5.41, 5.74) is 0.906. The molecule has 0 radical (unpaired) electrons. The first-order valence-corrected chi connectivity index (χ1v) is 10.5. The van der Waals surface area contributed by atoms with Gasteiger partial charge in [-0.25, -0.2) is 13.1 Å². The fraction of sp³-hybridized carbons (Fsp3) is 0.500. The number of esters is 1. The second kappa shape index (κ2) is 10.8. The predicted molar refractivity (Wildman–Crippen MR) is 105 cm³/mol. The zero-order valence-corrected chi connectivity index (χ0v) is 17.3. The molecule has 0 bridgehead atoms. The number of hydrogen-bond donors (Lipinski definition) is 2. The average molecular weight is 413 g/mol. The van der Waals surface area contributed by atoms with Crippen LogP contribution >= 0.6 is 0 Å². The minimum Gasteiger partial charge on any atom is -0.454 e. The summed E-state index contributed by atoms with van der Waals surface area (Å²) < 4.78 is 30.6. The Bertz CT molecular complexity index is 790. The maximum absolute atomic E-state index is 11.9. The van der Waals surface area contributed by atoms with Crippen LogP contribution in [0.25, 0.3) is 0 Å². The Hall–Kier alpha value is -2.46. The lowest BCUT2D eigenvalue weighted by molar-refractivity contribution is -0.148. The first-order valence-electron chi connectivity index (χ1n) is 8.84. The molecule has 1 atom stereocenters. The monoisotopic (exact) mass is 413 g/mol. The van der Waals surface area contributed by atoms with Gasteiger partial charge in [-0.15, -0.1) is 0 Å². The smallest absolute Gasteiger partial charge is 0.324 e. The number of sulfonamides is 1. The van der Waals surface area contributed by atoms with Gasteiger partial charge in [-0.2, -0.15) is 0 Å². The van der Waals surface area contributed by atoms with Gasteiger partial charge in [0.2, 0.25) is 10.0 Å². The Morgan fingerprint density at radius 2 is 1.75 bits per heavy atom. The van der Waals surface area contributed by atoms with E-state index < -0.39 is 34.5 Å². The molecule has 2 amide bonds. The molecule has 0 fully saturated rings. The van der Waals surface area contributed by atoms with E-state index in [1.807, 2.05) is 6.92 Å². The van der Waals surface area contributed by atoms with Gasteiger partial charge in [-0.3, -0.25) is 14.4 Å². The summed E-state index contributed by atoms with van der Waals surface area (Å²) in [6, 6.07) is 5.15. The molecule has 9 nitrogen and oxygen atoms in total. The van der Waals surface area contributed by atoms with Crippen molar-refractivity contribution in [3.63, 3.8) is 0 Å². The van der Waals surface area contributed by atoms with Gasteiger partial charge in [0.15, 0.2) is 6.61 Å². The van der Waals surface area contributed by atoms with Gasteiger partial charge in [0.05, 0.1) is 5.75 Å². The molecule has 0 aliphatic carbocycles. The van der Waals surface area contributed by atoms with Gasteiger partial charge in [0.1, 0.15) is 6.04 Å². The summed E-state index contributed by atoms with van der Waals surface area (Å²) in [7, 11) is -0.302. The van der Waals surface area contributed by atoms with E-state index in [2.05, 4.69) is 10.0 Å². The molecule has 156 valence electrons. The zero-order chi connectivity index (χ0) is 21.3. The van der Waals surface area contributed by atoms with Crippen LogP contribution in [0.2, 0.25) is 0 Å². The van der Waals surface area contributed by atoms with E-state index in [1.165, 1.54) is 11.8 Å². The maximum Gasteiger partial charge on any atom is 0.324 e. The number of nitrogens with one attached hydrogen (secondary N) is 2. The molecule has 0 aromatic heterocycles. The van der Waals surface area contributed by atoms with E-state index in [0.717, 1.165) is 0 Å². The molecule has 0 saturated carbocycles. The number of carbonyl (C=O) groups excluding carboxylic acids is 3. The van der Waals surface area contributed by atoms with Crippen molar-refractivity contribution in [2.45, 2.75) is 32.7 Å². The number of carbonyl (C=O) groups is 3. The number of rotatable bonds is 10. The molecular weight excluding hydrogens is 386 g/mol. The predicted octanol–water partition coefficient (Wildman–Crippen LogP) is 0.978. The Labute approximate surface area is 165 Å². The van der Waals surface area contributed by atoms with Crippen LogP contribution in [-0.4, -0.2) is 63.6 Å². The number of nitrogens with zero attached hydrogens (tertiary/aromatic N) is 1. The average Bonchev–Trinajstić information content (AvgIpc) is 2.64. The van der Waals surface area contributed by atoms with Crippen LogP contribution in [-0.2, 0) is 24.3 Å². The van der Waals surface area contributed by atoms with Crippen LogP contribution in [0, 0.1) is 0 Å². The fourth-order valence-electron chi connectivity index (χ4n) is 2.12. The highest BCUT2D eigenvalue weighted by molar-refractivity contribution is 7.89.